The maximum Gasteiger partial charge on any atom is -0.00438 e. The first-order chi connectivity index (χ1) is 6.12. The van der Waals surface area contributed by atoms with Gasteiger partial charge in [-0.05, 0) is 37.8 Å². The minimum absolute atomic E-state index is 0.536. The third-order valence-electron chi connectivity index (χ3n) is 2.61. The molecule has 0 unspecified atom stereocenters. The molecule has 13 heavy (non-hydrogen) atoms. The van der Waals surface area contributed by atoms with Crippen molar-refractivity contribution in [2.24, 2.45) is 5.41 Å². The van der Waals surface area contributed by atoms with Gasteiger partial charge in [0.15, 0.2) is 0 Å². The summed E-state index contributed by atoms with van der Waals surface area (Å²) in [6.45, 7) is 11.6. The van der Waals surface area contributed by atoms with E-state index in [9.17, 15) is 0 Å². The second-order valence-electron chi connectivity index (χ2n) is 4.77. The van der Waals surface area contributed by atoms with Gasteiger partial charge >= 0.3 is 0 Å². The van der Waals surface area contributed by atoms with Crippen molar-refractivity contribution in [3.8, 4) is 0 Å². The van der Waals surface area contributed by atoms with Gasteiger partial charge in [-0.25, -0.2) is 0 Å². The quantitative estimate of drug-likeness (QED) is 0.570. The van der Waals surface area contributed by atoms with Crippen LogP contribution >= 0.6 is 0 Å². The van der Waals surface area contributed by atoms with E-state index in [1.807, 2.05) is 0 Å². The second kappa shape index (κ2) is 7.37. The molecule has 0 aliphatic carbocycles. The van der Waals surface area contributed by atoms with Crippen LogP contribution in [0.3, 0.4) is 0 Å². The summed E-state index contributed by atoms with van der Waals surface area (Å²) in [5, 5.41) is 3.50. The van der Waals surface area contributed by atoms with Crippen LogP contribution in [-0.2, 0) is 0 Å². The summed E-state index contributed by atoms with van der Waals surface area (Å²) in [4.78, 5) is 0. The fraction of sp³-hybridized carbons (Fsp3) is 1.00. The lowest BCUT2D eigenvalue weighted by Crippen LogP contribution is -2.23. The van der Waals surface area contributed by atoms with Gasteiger partial charge in [0.05, 0.1) is 0 Å². The van der Waals surface area contributed by atoms with Gasteiger partial charge in [0.1, 0.15) is 0 Å². The molecule has 0 rings (SSSR count). The van der Waals surface area contributed by atoms with Crippen LogP contribution in [-0.4, -0.2) is 13.1 Å². The molecular weight excluding hydrogens is 158 g/mol. The minimum Gasteiger partial charge on any atom is -0.317 e. The summed E-state index contributed by atoms with van der Waals surface area (Å²) in [6.07, 6.45) is 6.58. The van der Waals surface area contributed by atoms with Gasteiger partial charge in [0, 0.05) is 0 Å². The van der Waals surface area contributed by atoms with E-state index >= 15 is 0 Å². The van der Waals surface area contributed by atoms with Crippen molar-refractivity contribution in [3.05, 3.63) is 0 Å². The largest absolute Gasteiger partial charge is 0.317 e. The Morgan fingerprint density at radius 1 is 0.923 bits per heavy atom. The number of nitrogens with one attached hydrogen (secondary N) is 1. The Morgan fingerprint density at radius 3 is 2.15 bits per heavy atom. The zero-order chi connectivity index (χ0) is 10.2. The molecule has 0 radical (unpaired) electrons. The molecule has 1 N–H and O–H groups in total. The molecule has 1 heteroatoms. The molecular formula is C12H27N. The zero-order valence-electron chi connectivity index (χ0n) is 9.95. The number of rotatable bonds is 8. The average Bonchev–Trinajstić information content (AvgIpc) is 2.04. The summed E-state index contributed by atoms with van der Waals surface area (Å²) >= 11 is 0. The highest BCUT2D eigenvalue weighted by Crippen LogP contribution is 2.25. The molecule has 0 aliphatic heterocycles. The number of unbranched alkanes of at least 4 members (excludes halogenated alkanes) is 1. The summed E-state index contributed by atoms with van der Waals surface area (Å²) in [7, 11) is 0. The first kappa shape index (κ1) is 13.0. The Labute approximate surface area is 84.3 Å². The van der Waals surface area contributed by atoms with Gasteiger partial charge in [0.25, 0.3) is 0 Å². The van der Waals surface area contributed by atoms with Gasteiger partial charge in [-0.2, -0.15) is 0 Å². The van der Waals surface area contributed by atoms with Crippen molar-refractivity contribution in [1.29, 1.82) is 0 Å². The smallest absolute Gasteiger partial charge is 0.00438 e. The van der Waals surface area contributed by atoms with Crippen LogP contribution in [0.1, 0.15) is 59.8 Å². The van der Waals surface area contributed by atoms with Gasteiger partial charge in [0.2, 0.25) is 0 Å². The van der Waals surface area contributed by atoms with E-state index in [-0.39, 0.29) is 0 Å². The molecule has 0 saturated heterocycles. The van der Waals surface area contributed by atoms with Crippen LogP contribution in [0, 0.1) is 5.41 Å². The predicted molar refractivity (Wildman–Crippen MR) is 61.1 cm³/mol. The number of hydrogen-bond donors (Lipinski definition) is 1. The third kappa shape index (κ3) is 8.29. The standard InChI is InChI=1S/C12H27N/c1-5-7-10-13-11-9-12(3,4)8-6-2/h13H,5-11H2,1-4H3. The molecule has 0 saturated carbocycles. The van der Waals surface area contributed by atoms with E-state index in [0.717, 1.165) is 0 Å². The van der Waals surface area contributed by atoms with Gasteiger partial charge in [-0.15, -0.1) is 0 Å². The van der Waals surface area contributed by atoms with Crippen molar-refractivity contribution in [3.63, 3.8) is 0 Å². The Morgan fingerprint density at radius 2 is 1.62 bits per heavy atom. The van der Waals surface area contributed by atoms with E-state index < -0.39 is 0 Å². The zero-order valence-corrected chi connectivity index (χ0v) is 9.95. The van der Waals surface area contributed by atoms with E-state index in [0.29, 0.717) is 5.41 Å². The maximum absolute atomic E-state index is 3.50. The lowest BCUT2D eigenvalue weighted by molar-refractivity contribution is 0.299. The highest BCUT2D eigenvalue weighted by atomic mass is 14.8. The van der Waals surface area contributed by atoms with Crippen LogP contribution in [0.2, 0.25) is 0 Å². The highest BCUT2D eigenvalue weighted by molar-refractivity contribution is 4.68. The van der Waals surface area contributed by atoms with Crippen LogP contribution in [0.4, 0.5) is 0 Å². The Balaban J connectivity index is 3.29. The first-order valence-corrected chi connectivity index (χ1v) is 5.83. The molecule has 0 fully saturated rings. The lowest BCUT2D eigenvalue weighted by Gasteiger charge is -2.23. The monoisotopic (exact) mass is 185 g/mol. The fourth-order valence-corrected chi connectivity index (χ4v) is 1.66. The average molecular weight is 185 g/mol. The molecule has 0 heterocycles. The van der Waals surface area contributed by atoms with Crippen molar-refractivity contribution in [2.75, 3.05) is 13.1 Å². The number of hydrogen-bond acceptors (Lipinski definition) is 1. The van der Waals surface area contributed by atoms with Gasteiger partial charge in [-0.3, -0.25) is 0 Å². The van der Waals surface area contributed by atoms with Crippen LogP contribution in [0.25, 0.3) is 0 Å². The molecule has 0 aromatic rings. The van der Waals surface area contributed by atoms with E-state index in [1.54, 1.807) is 0 Å². The minimum atomic E-state index is 0.536. The third-order valence-corrected chi connectivity index (χ3v) is 2.61. The second-order valence-corrected chi connectivity index (χ2v) is 4.77. The highest BCUT2D eigenvalue weighted by Gasteiger charge is 2.15. The molecule has 0 aromatic carbocycles. The van der Waals surface area contributed by atoms with Crippen molar-refractivity contribution >= 4 is 0 Å². The fourth-order valence-electron chi connectivity index (χ4n) is 1.66. The van der Waals surface area contributed by atoms with Gasteiger partial charge < -0.3 is 5.32 Å². The maximum atomic E-state index is 3.50. The summed E-state index contributed by atoms with van der Waals surface area (Å²) < 4.78 is 0. The molecule has 1 nitrogen and oxygen atoms in total. The normalized spacial score (nSPS) is 12.0. The van der Waals surface area contributed by atoms with E-state index in [4.69, 9.17) is 0 Å². The molecule has 0 aromatic heterocycles. The molecule has 0 spiro atoms. The van der Waals surface area contributed by atoms with E-state index in [1.165, 1.54) is 45.2 Å². The SMILES string of the molecule is CCCCNCCC(C)(C)CCC. The molecule has 80 valence electrons. The molecule has 0 amide bonds. The topological polar surface area (TPSA) is 12.0 Å². The molecule has 0 aliphatic rings. The van der Waals surface area contributed by atoms with Crippen LogP contribution in [0.15, 0.2) is 0 Å². The van der Waals surface area contributed by atoms with E-state index in [2.05, 4.69) is 33.0 Å². The Hall–Kier alpha value is -0.0400. The predicted octanol–water partition coefficient (Wildman–Crippen LogP) is 3.59. The van der Waals surface area contributed by atoms with Gasteiger partial charge in [-0.1, -0.05) is 40.5 Å². The Kier molecular flexibility index (Phi) is 7.35. The summed E-state index contributed by atoms with van der Waals surface area (Å²) in [5.41, 5.74) is 0.536. The molecule has 0 bridgehead atoms. The first-order valence-electron chi connectivity index (χ1n) is 5.83. The molecule has 0 atom stereocenters. The summed E-state index contributed by atoms with van der Waals surface area (Å²) in [6, 6.07) is 0. The Bertz CT molecular complexity index is 108. The van der Waals surface area contributed by atoms with Crippen molar-refractivity contribution in [1.82, 2.24) is 5.32 Å². The van der Waals surface area contributed by atoms with Crippen molar-refractivity contribution in [2.45, 2.75) is 59.8 Å². The van der Waals surface area contributed by atoms with Crippen LogP contribution in [0.5, 0.6) is 0 Å². The lowest BCUT2D eigenvalue weighted by atomic mass is 9.85. The van der Waals surface area contributed by atoms with Crippen molar-refractivity contribution < 1.29 is 0 Å². The van der Waals surface area contributed by atoms with Crippen LogP contribution < -0.4 is 5.32 Å². The summed E-state index contributed by atoms with van der Waals surface area (Å²) in [5.74, 6) is 0.